The second-order valence-electron chi connectivity index (χ2n) is 4.98. The van der Waals surface area contributed by atoms with E-state index < -0.39 is 0 Å². The van der Waals surface area contributed by atoms with Crippen LogP contribution in [0.4, 0.5) is 0 Å². The van der Waals surface area contributed by atoms with Crippen LogP contribution in [0, 0.1) is 0 Å². The molecule has 1 fully saturated rings. The average Bonchev–Trinajstić information content (AvgIpc) is 2.50. The Kier molecular flexibility index (Phi) is 5.31. The SMILES string of the molecule is O=C1CCC(NC(=O)CCNC(=O)c2ccccc2)CN1. The van der Waals surface area contributed by atoms with E-state index in [1.165, 1.54) is 0 Å². The maximum absolute atomic E-state index is 11.8. The van der Waals surface area contributed by atoms with Crippen molar-refractivity contribution in [2.24, 2.45) is 0 Å². The first kappa shape index (κ1) is 15.0. The van der Waals surface area contributed by atoms with Crippen molar-refractivity contribution < 1.29 is 14.4 Å². The Hall–Kier alpha value is -2.37. The van der Waals surface area contributed by atoms with E-state index in [1.54, 1.807) is 24.3 Å². The highest BCUT2D eigenvalue weighted by Crippen LogP contribution is 2.02. The third-order valence-corrected chi connectivity index (χ3v) is 3.30. The molecule has 3 amide bonds. The number of amides is 3. The van der Waals surface area contributed by atoms with Gasteiger partial charge in [-0.15, -0.1) is 0 Å². The summed E-state index contributed by atoms with van der Waals surface area (Å²) >= 11 is 0. The highest BCUT2D eigenvalue weighted by molar-refractivity contribution is 5.94. The van der Waals surface area contributed by atoms with E-state index in [4.69, 9.17) is 0 Å². The molecule has 1 aromatic rings. The first-order valence-corrected chi connectivity index (χ1v) is 7.04. The Morgan fingerprint density at radius 1 is 1.24 bits per heavy atom. The van der Waals surface area contributed by atoms with Gasteiger partial charge >= 0.3 is 0 Å². The maximum atomic E-state index is 11.8. The molecule has 21 heavy (non-hydrogen) atoms. The molecule has 0 bridgehead atoms. The lowest BCUT2D eigenvalue weighted by atomic mass is 10.1. The summed E-state index contributed by atoms with van der Waals surface area (Å²) in [7, 11) is 0. The van der Waals surface area contributed by atoms with Crippen molar-refractivity contribution in [2.45, 2.75) is 25.3 Å². The third-order valence-electron chi connectivity index (χ3n) is 3.30. The normalized spacial score (nSPS) is 17.7. The van der Waals surface area contributed by atoms with E-state index in [9.17, 15) is 14.4 Å². The standard InChI is InChI=1S/C15H19N3O3/c19-13-7-6-12(10-17-13)18-14(20)8-9-16-15(21)11-4-2-1-3-5-11/h1-5,12H,6-10H2,(H,16,21)(H,17,19)(H,18,20). The molecule has 0 radical (unpaired) electrons. The van der Waals surface area contributed by atoms with E-state index in [0.29, 0.717) is 31.5 Å². The van der Waals surface area contributed by atoms with Gasteiger partial charge in [-0.05, 0) is 18.6 Å². The highest BCUT2D eigenvalue weighted by Gasteiger charge is 2.19. The zero-order valence-corrected chi connectivity index (χ0v) is 11.7. The van der Waals surface area contributed by atoms with Gasteiger partial charge in [0.05, 0.1) is 0 Å². The molecular formula is C15H19N3O3. The Balaban J connectivity index is 1.65. The number of hydrogen-bond donors (Lipinski definition) is 3. The zero-order valence-electron chi connectivity index (χ0n) is 11.7. The Morgan fingerprint density at radius 3 is 2.67 bits per heavy atom. The second-order valence-corrected chi connectivity index (χ2v) is 4.98. The molecule has 3 N–H and O–H groups in total. The maximum Gasteiger partial charge on any atom is 0.251 e. The average molecular weight is 289 g/mol. The van der Waals surface area contributed by atoms with Crippen molar-refractivity contribution in [1.29, 1.82) is 0 Å². The predicted octanol–water partition coefficient (Wildman–Crippen LogP) is 0.201. The molecule has 1 aromatic carbocycles. The van der Waals surface area contributed by atoms with Crippen LogP contribution in [0.1, 0.15) is 29.6 Å². The van der Waals surface area contributed by atoms with Crippen molar-refractivity contribution >= 4 is 17.7 Å². The van der Waals surface area contributed by atoms with Gasteiger partial charge in [0.2, 0.25) is 11.8 Å². The number of benzene rings is 1. The van der Waals surface area contributed by atoms with Gasteiger partial charge in [0.15, 0.2) is 0 Å². The Bertz CT molecular complexity index is 506. The summed E-state index contributed by atoms with van der Waals surface area (Å²) in [6.07, 6.45) is 1.33. The summed E-state index contributed by atoms with van der Waals surface area (Å²) in [5, 5.41) is 8.26. The Labute approximate surface area is 123 Å². The molecule has 0 saturated carbocycles. The monoisotopic (exact) mass is 289 g/mol. The lowest BCUT2D eigenvalue weighted by molar-refractivity contribution is -0.125. The number of hydrogen-bond acceptors (Lipinski definition) is 3. The number of piperidine rings is 1. The molecule has 0 spiro atoms. The molecule has 112 valence electrons. The fraction of sp³-hybridized carbons (Fsp3) is 0.400. The highest BCUT2D eigenvalue weighted by atomic mass is 16.2. The number of nitrogens with one attached hydrogen (secondary N) is 3. The van der Waals surface area contributed by atoms with E-state index in [2.05, 4.69) is 16.0 Å². The second kappa shape index (κ2) is 7.42. The van der Waals surface area contributed by atoms with Gasteiger partial charge in [0, 0.05) is 37.5 Å². The van der Waals surface area contributed by atoms with E-state index >= 15 is 0 Å². The topological polar surface area (TPSA) is 87.3 Å². The summed E-state index contributed by atoms with van der Waals surface area (Å²) in [6, 6.07) is 8.85. The molecule has 1 unspecified atom stereocenters. The van der Waals surface area contributed by atoms with Gasteiger partial charge in [-0.1, -0.05) is 18.2 Å². The van der Waals surface area contributed by atoms with Crippen LogP contribution >= 0.6 is 0 Å². The van der Waals surface area contributed by atoms with Gasteiger partial charge in [-0.25, -0.2) is 0 Å². The third kappa shape index (κ3) is 4.91. The largest absolute Gasteiger partial charge is 0.354 e. The van der Waals surface area contributed by atoms with Gasteiger partial charge in [0.25, 0.3) is 5.91 Å². The van der Waals surface area contributed by atoms with Crippen LogP contribution in [0.25, 0.3) is 0 Å². The van der Waals surface area contributed by atoms with Gasteiger partial charge in [0.1, 0.15) is 0 Å². The predicted molar refractivity (Wildman–Crippen MR) is 77.6 cm³/mol. The summed E-state index contributed by atoms with van der Waals surface area (Å²) in [5.41, 5.74) is 0.577. The molecule has 0 aromatic heterocycles. The lowest BCUT2D eigenvalue weighted by Crippen LogP contribution is -2.48. The fourth-order valence-electron chi connectivity index (χ4n) is 2.14. The summed E-state index contributed by atoms with van der Waals surface area (Å²) in [5.74, 6) is -0.284. The summed E-state index contributed by atoms with van der Waals surface area (Å²) in [6.45, 7) is 0.763. The molecule has 6 nitrogen and oxygen atoms in total. The fourth-order valence-corrected chi connectivity index (χ4v) is 2.14. The minimum absolute atomic E-state index is 0.0139. The first-order chi connectivity index (χ1) is 10.1. The molecule has 1 heterocycles. The van der Waals surface area contributed by atoms with Crippen LogP contribution in [0.5, 0.6) is 0 Å². The number of carbonyl (C=O) groups is 3. The molecule has 0 aliphatic carbocycles. The van der Waals surface area contributed by atoms with Gasteiger partial charge in [-0.2, -0.15) is 0 Å². The molecule has 1 saturated heterocycles. The van der Waals surface area contributed by atoms with Crippen molar-refractivity contribution in [3.63, 3.8) is 0 Å². The molecule has 1 atom stereocenters. The molecular weight excluding hydrogens is 270 g/mol. The molecule has 6 heteroatoms. The van der Waals surface area contributed by atoms with Crippen LogP contribution in [0.3, 0.4) is 0 Å². The Morgan fingerprint density at radius 2 is 2.00 bits per heavy atom. The quantitative estimate of drug-likeness (QED) is 0.723. The van der Waals surface area contributed by atoms with Crippen molar-refractivity contribution in [1.82, 2.24) is 16.0 Å². The van der Waals surface area contributed by atoms with E-state index in [1.807, 2.05) is 6.07 Å². The minimum atomic E-state index is -0.187. The van der Waals surface area contributed by atoms with Crippen LogP contribution in [0.15, 0.2) is 30.3 Å². The van der Waals surface area contributed by atoms with Crippen molar-refractivity contribution in [2.75, 3.05) is 13.1 Å². The molecule has 2 rings (SSSR count). The summed E-state index contributed by atoms with van der Waals surface area (Å²) < 4.78 is 0. The van der Waals surface area contributed by atoms with Crippen molar-refractivity contribution in [3.05, 3.63) is 35.9 Å². The van der Waals surface area contributed by atoms with Crippen molar-refractivity contribution in [3.8, 4) is 0 Å². The van der Waals surface area contributed by atoms with Crippen LogP contribution < -0.4 is 16.0 Å². The van der Waals surface area contributed by atoms with Crippen LogP contribution in [0.2, 0.25) is 0 Å². The van der Waals surface area contributed by atoms with Gasteiger partial charge < -0.3 is 16.0 Å². The zero-order chi connectivity index (χ0) is 15.1. The molecule has 1 aliphatic rings. The lowest BCUT2D eigenvalue weighted by Gasteiger charge is -2.23. The minimum Gasteiger partial charge on any atom is -0.354 e. The molecule has 1 aliphatic heterocycles. The number of rotatable bonds is 5. The van der Waals surface area contributed by atoms with Crippen LogP contribution in [-0.2, 0) is 9.59 Å². The van der Waals surface area contributed by atoms with E-state index in [-0.39, 0.29) is 30.2 Å². The van der Waals surface area contributed by atoms with E-state index in [0.717, 1.165) is 0 Å². The van der Waals surface area contributed by atoms with Crippen LogP contribution in [-0.4, -0.2) is 36.9 Å². The van der Waals surface area contributed by atoms with Gasteiger partial charge in [-0.3, -0.25) is 14.4 Å². The first-order valence-electron chi connectivity index (χ1n) is 7.04. The number of carbonyl (C=O) groups excluding carboxylic acids is 3. The summed E-state index contributed by atoms with van der Waals surface area (Å²) in [4.78, 5) is 34.5. The smallest absolute Gasteiger partial charge is 0.251 e.